The number of rotatable bonds is 9. The van der Waals surface area contributed by atoms with Crippen molar-refractivity contribution in [3.63, 3.8) is 0 Å². The van der Waals surface area contributed by atoms with E-state index >= 15 is 0 Å². The molecule has 1 aliphatic rings. The fourth-order valence-corrected chi connectivity index (χ4v) is 3.60. The summed E-state index contributed by atoms with van der Waals surface area (Å²) >= 11 is 0. The van der Waals surface area contributed by atoms with E-state index in [4.69, 9.17) is 14.2 Å². The van der Waals surface area contributed by atoms with Gasteiger partial charge < -0.3 is 24.6 Å². The lowest BCUT2D eigenvalue weighted by molar-refractivity contribution is -0.122. The Kier molecular flexibility index (Phi) is 8.40. The van der Waals surface area contributed by atoms with Crippen molar-refractivity contribution in [1.82, 2.24) is 5.01 Å². The van der Waals surface area contributed by atoms with Gasteiger partial charge in [0.1, 0.15) is 6.04 Å². The highest BCUT2D eigenvalue weighted by molar-refractivity contribution is 5.95. The average Bonchev–Trinajstić information content (AvgIpc) is 2.81. The van der Waals surface area contributed by atoms with Gasteiger partial charge in [-0.3, -0.25) is 9.80 Å². The number of methoxy groups -OCH3 is 2. The van der Waals surface area contributed by atoms with Gasteiger partial charge in [-0.2, -0.15) is 5.10 Å². The van der Waals surface area contributed by atoms with E-state index in [1.807, 2.05) is 0 Å². The van der Waals surface area contributed by atoms with Crippen LogP contribution in [0.15, 0.2) is 41.5 Å². The Morgan fingerprint density at radius 1 is 1.15 bits per heavy atom. The molecule has 0 aliphatic carbocycles. The summed E-state index contributed by atoms with van der Waals surface area (Å²) in [5, 5.41) is 19.3. The van der Waals surface area contributed by atoms with Crippen LogP contribution >= 0.6 is 0 Å². The molecule has 2 aromatic rings. The number of nitrogens with one attached hydrogen (secondary N) is 1. The van der Waals surface area contributed by atoms with Crippen LogP contribution in [-0.4, -0.2) is 55.7 Å². The third-order valence-electron chi connectivity index (χ3n) is 5.34. The van der Waals surface area contributed by atoms with Gasteiger partial charge in [0.25, 0.3) is 0 Å². The number of aromatic hydroxyl groups is 1. The minimum atomic E-state index is -0.385. The molecule has 0 spiro atoms. The number of anilines is 1. The van der Waals surface area contributed by atoms with E-state index in [1.54, 1.807) is 54.7 Å². The van der Waals surface area contributed by atoms with E-state index in [1.165, 1.54) is 7.11 Å². The molecule has 2 N–H and O–H groups in total. The molecule has 33 heavy (non-hydrogen) atoms. The molecular weight excluding hydrogens is 422 g/mol. The number of benzene rings is 2. The predicted molar refractivity (Wildman–Crippen MR) is 129 cm³/mol. The Bertz CT molecular complexity index is 977. The number of piperidine rings is 1. The summed E-state index contributed by atoms with van der Waals surface area (Å²) in [6, 6.07) is 10.1. The van der Waals surface area contributed by atoms with E-state index in [9.17, 15) is 9.90 Å². The first-order chi connectivity index (χ1) is 15.9. The van der Waals surface area contributed by atoms with Gasteiger partial charge in [0.05, 0.1) is 27.0 Å². The van der Waals surface area contributed by atoms with Crippen LogP contribution in [0.2, 0.25) is 0 Å². The summed E-state index contributed by atoms with van der Waals surface area (Å²) in [6.45, 7) is 5.38. The van der Waals surface area contributed by atoms with Crippen molar-refractivity contribution < 1.29 is 24.1 Å². The summed E-state index contributed by atoms with van der Waals surface area (Å²) in [6.07, 6.45) is 4.28. The van der Waals surface area contributed by atoms with Gasteiger partial charge in [-0.1, -0.05) is 13.8 Å². The van der Waals surface area contributed by atoms with Crippen molar-refractivity contribution in [2.24, 2.45) is 11.0 Å². The van der Waals surface area contributed by atoms with Gasteiger partial charge in [-0.15, -0.1) is 0 Å². The molecule has 1 aliphatic heterocycles. The molecule has 8 heteroatoms. The number of hydrogen-bond donors (Lipinski definition) is 2. The number of phenolic OH excluding ortho intramolecular Hbond substituents is 1. The first kappa shape index (κ1) is 24.2. The first-order valence-corrected chi connectivity index (χ1v) is 11.2. The topological polar surface area (TPSA) is 92.6 Å². The number of carbonyl (C=O) groups is 1. The van der Waals surface area contributed by atoms with Crippen molar-refractivity contribution in [2.75, 3.05) is 32.7 Å². The number of amides is 1. The van der Waals surface area contributed by atoms with Gasteiger partial charge in [0, 0.05) is 18.3 Å². The normalized spacial score (nSPS) is 16.2. The number of carbonyl (C=O) groups excluding carboxylic acids is 1. The van der Waals surface area contributed by atoms with E-state index in [2.05, 4.69) is 24.3 Å². The second kappa shape index (κ2) is 11.4. The lowest BCUT2D eigenvalue weighted by atomic mass is 10.0. The molecule has 2 aromatic carbocycles. The van der Waals surface area contributed by atoms with E-state index in [0.29, 0.717) is 48.4 Å². The third-order valence-corrected chi connectivity index (χ3v) is 5.34. The zero-order chi connectivity index (χ0) is 23.8. The molecule has 1 saturated heterocycles. The van der Waals surface area contributed by atoms with Crippen molar-refractivity contribution in [1.29, 1.82) is 0 Å². The van der Waals surface area contributed by atoms with Crippen molar-refractivity contribution in [3.05, 3.63) is 42.0 Å². The number of phenols is 1. The molecular formula is C25H33N3O5. The van der Waals surface area contributed by atoms with Crippen molar-refractivity contribution >= 4 is 17.8 Å². The van der Waals surface area contributed by atoms with Crippen LogP contribution in [0.25, 0.3) is 0 Å². The van der Waals surface area contributed by atoms with Gasteiger partial charge in [-0.05, 0) is 61.1 Å². The molecule has 1 heterocycles. The van der Waals surface area contributed by atoms with Crippen molar-refractivity contribution in [2.45, 2.75) is 39.2 Å². The van der Waals surface area contributed by atoms with Gasteiger partial charge >= 0.3 is 0 Å². The largest absolute Gasteiger partial charge is 0.504 e. The number of hydrogen-bond acceptors (Lipinski definition) is 7. The maximum atomic E-state index is 13.1. The maximum absolute atomic E-state index is 13.1. The van der Waals surface area contributed by atoms with Crippen LogP contribution in [0.1, 0.15) is 38.7 Å². The van der Waals surface area contributed by atoms with Crippen LogP contribution in [0.5, 0.6) is 23.0 Å². The quantitative estimate of drug-likeness (QED) is 0.549. The second-order valence-electron chi connectivity index (χ2n) is 8.41. The molecule has 0 saturated carbocycles. The zero-order valence-corrected chi connectivity index (χ0v) is 19.7. The SMILES string of the molecule is COc1ccc(/C=N\N2CCCC[C@@H]2C(=O)Nc2ccc(OC)c(OCC(C)C)c2)cc1O. The van der Waals surface area contributed by atoms with Crippen LogP contribution in [-0.2, 0) is 4.79 Å². The minimum absolute atomic E-state index is 0.0457. The smallest absolute Gasteiger partial charge is 0.248 e. The van der Waals surface area contributed by atoms with Crippen LogP contribution in [0.4, 0.5) is 5.69 Å². The summed E-state index contributed by atoms with van der Waals surface area (Å²) in [7, 11) is 3.10. The Hall–Kier alpha value is -3.42. The highest BCUT2D eigenvalue weighted by atomic mass is 16.5. The molecule has 0 radical (unpaired) electrons. The Morgan fingerprint density at radius 2 is 1.91 bits per heavy atom. The third kappa shape index (κ3) is 6.54. The Morgan fingerprint density at radius 3 is 2.61 bits per heavy atom. The molecule has 178 valence electrons. The van der Waals surface area contributed by atoms with Crippen LogP contribution < -0.4 is 19.5 Å². The zero-order valence-electron chi connectivity index (χ0n) is 19.7. The van der Waals surface area contributed by atoms with E-state index in [0.717, 1.165) is 18.4 Å². The van der Waals surface area contributed by atoms with Gasteiger partial charge in [-0.25, -0.2) is 0 Å². The highest BCUT2D eigenvalue weighted by Gasteiger charge is 2.28. The lowest BCUT2D eigenvalue weighted by Crippen LogP contribution is -2.44. The number of hydrazone groups is 1. The average molecular weight is 456 g/mol. The lowest BCUT2D eigenvalue weighted by Gasteiger charge is -2.32. The molecule has 0 unspecified atom stereocenters. The Labute approximate surface area is 195 Å². The van der Waals surface area contributed by atoms with Crippen LogP contribution in [0.3, 0.4) is 0 Å². The fraction of sp³-hybridized carbons (Fsp3) is 0.440. The monoisotopic (exact) mass is 455 g/mol. The Balaban J connectivity index is 1.71. The summed E-state index contributed by atoms with van der Waals surface area (Å²) < 4.78 is 16.3. The van der Waals surface area contributed by atoms with Crippen molar-refractivity contribution in [3.8, 4) is 23.0 Å². The summed E-state index contributed by atoms with van der Waals surface area (Å²) in [5.41, 5.74) is 1.37. The number of nitrogens with zero attached hydrogens (tertiary/aromatic N) is 2. The first-order valence-electron chi connectivity index (χ1n) is 11.2. The summed E-state index contributed by atoms with van der Waals surface area (Å²) in [4.78, 5) is 13.1. The minimum Gasteiger partial charge on any atom is -0.504 e. The molecule has 0 aromatic heterocycles. The molecule has 1 amide bonds. The highest BCUT2D eigenvalue weighted by Crippen LogP contribution is 2.31. The molecule has 1 atom stereocenters. The maximum Gasteiger partial charge on any atom is 0.248 e. The van der Waals surface area contributed by atoms with Gasteiger partial charge in [0.2, 0.25) is 5.91 Å². The molecule has 1 fully saturated rings. The van der Waals surface area contributed by atoms with Crippen LogP contribution in [0, 0.1) is 5.92 Å². The van der Waals surface area contributed by atoms with E-state index < -0.39 is 0 Å². The molecule has 3 rings (SSSR count). The van der Waals surface area contributed by atoms with E-state index in [-0.39, 0.29) is 17.7 Å². The number of ether oxygens (including phenoxy) is 3. The standard InChI is InChI=1S/C25H33N3O5/c1-17(2)16-33-24-14-19(9-11-23(24)32-4)27-25(30)20-7-5-6-12-28(20)26-15-18-8-10-22(31-3)21(29)13-18/h8-11,13-15,17,20,29H,5-7,12,16H2,1-4H3,(H,27,30)/b26-15-/t20-/m1/s1. The predicted octanol–water partition coefficient (Wildman–Crippen LogP) is 4.27. The second-order valence-corrected chi connectivity index (χ2v) is 8.41. The fourth-order valence-electron chi connectivity index (χ4n) is 3.60. The summed E-state index contributed by atoms with van der Waals surface area (Å²) in [5.74, 6) is 1.92. The van der Waals surface area contributed by atoms with Gasteiger partial charge in [0.15, 0.2) is 23.0 Å². The molecule has 8 nitrogen and oxygen atoms in total. The molecule has 0 bridgehead atoms.